The summed E-state index contributed by atoms with van der Waals surface area (Å²) in [6, 6.07) is 2.71. The first-order chi connectivity index (χ1) is 8.52. The zero-order chi connectivity index (χ0) is 13.4. The number of hydrogen-bond acceptors (Lipinski definition) is 2. The Morgan fingerprint density at radius 3 is 2.50 bits per heavy atom. The number of rotatable bonds is 2. The van der Waals surface area contributed by atoms with Crippen molar-refractivity contribution < 1.29 is 0 Å². The average molecular weight is 245 g/mol. The van der Waals surface area contributed by atoms with E-state index in [0.29, 0.717) is 23.3 Å². The fourth-order valence-corrected chi connectivity index (χ4v) is 3.59. The third kappa shape index (κ3) is 1.71. The van der Waals surface area contributed by atoms with Gasteiger partial charge in [0.25, 0.3) is 0 Å². The molecule has 3 unspecified atom stereocenters. The third-order valence-corrected chi connectivity index (χ3v) is 4.95. The van der Waals surface area contributed by atoms with Crippen molar-refractivity contribution in [1.82, 2.24) is 4.57 Å². The van der Waals surface area contributed by atoms with E-state index in [4.69, 9.17) is 5.73 Å². The van der Waals surface area contributed by atoms with Gasteiger partial charge >= 0.3 is 0 Å². The summed E-state index contributed by atoms with van der Waals surface area (Å²) in [5.41, 5.74) is 9.06. The highest BCUT2D eigenvalue weighted by atomic mass is 15.1. The molecule has 1 saturated carbocycles. The minimum Gasteiger partial charge on any atom is -0.384 e. The lowest BCUT2D eigenvalue weighted by Crippen LogP contribution is -2.18. The first-order valence-corrected chi connectivity index (χ1v) is 6.89. The molecule has 0 amide bonds. The second-order valence-corrected chi connectivity index (χ2v) is 5.62. The fraction of sp³-hybridized carbons (Fsp3) is 0.667. The predicted molar refractivity (Wildman–Crippen MR) is 74.2 cm³/mol. The van der Waals surface area contributed by atoms with Gasteiger partial charge in [0.1, 0.15) is 11.9 Å². The van der Waals surface area contributed by atoms with Crippen LogP contribution in [0.5, 0.6) is 0 Å². The molecule has 2 N–H and O–H groups in total. The van der Waals surface area contributed by atoms with Crippen molar-refractivity contribution in [3.05, 3.63) is 16.8 Å². The maximum Gasteiger partial charge on any atom is 0.122 e. The molecule has 1 aromatic heterocycles. The molecule has 3 nitrogen and oxygen atoms in total. The van der Waals surface area contributed by atoms with E-state index in [9.17, 15) is 5.26 Å². The van der Waals surface area contributed by atoms with Gasteiger partial charge < -0.3 is 10.3 Å². The first kappa shape index (κ1) is 13.0. The van der Waals surface area contributed by atoms with Crippen LogP contribution in [0.1, 0.15) is 56.0 Å². The van der Waals surface area contributed by atoms with E-state index in [1.807, 2.05) is 6.92 Å². The van der Waals surface area contributed by atoms with Crippen LogP contribution in [0.2, 0.25) is 0 Å². The molecule has 3 atom stereocenters. The average Bonchev–Trinajstić information content (AvgIpc) is 2.80. The highest BCUT2D eigenvalue weighted by Gasteiger charge is 2.35. The summed E-state index contributed by atoms with van der Waals surface area (Å²) in [4.78, 5) is 0. The zero-order valence-corrected chi connectivity index (χ0v) is 11.8. The normalized spacial score (nSPS) is 27.4. The van der Waals surface area contributed by atoms with E-state index in [1.54, 1.807) is 0 Å². The van der Waals surface area contributed by atoms with Crippen LogP contribution in [0.4, 0.5) is 5.82 Å². The molecule has 0 saturated heterocycles. The fourth-order valence-electron chi connectivity index (χ4n) is 3.59. The highest BCUT2D eigenvalue weighted by Crippen LogP contribution is 2.44. The summed E-state index contributed by atoms with van der Waals surface area (Å²) in [6.07, 6.45) is 3.70. The number of hydrogen-bond donors (Lipinski definition) is 1. The predicted octanol–water partition coefficient (Wildman–Crippen LogP) is 3.56. The molecule has 1 heterocycles. The number of nitriles is 1. The van der Waals surface area contributed by atoms with Crippen molar-refractivity contribution in [2.45, 2.75) is 53.0 Å². The molecule has 2 rings (SSSR count). The van der Waals surface area contributed by atoms with Gasteiger partial charge in [-0.15, -0.1) is 0 Å². The molecule has 0 bridgehead atoms. The van der Waals surface area contributed by atoms with Crippen LogP contribution in [0.25, 0.3) is 0 Å². The molecule has 0 spiro atoms. The van der Waals surface area contributed by atoms with Crippen molar-refractivity contribution in [2.75, 3.05) is 5.73 Å². The maximum atomic E-state index is 9.20. The Morgan fingerprint density at radius 2 is 2.06 bits per heavy atom. The van der Waals surface area contributed by atoms with Crippen LogP contribution < -0.4 is 5.73 Å². The van der Waals surface area contributed by atoms with Gasteiger partial charge in [-0.3, -0.25) is 0 Å². The summed E-state index contributed by atoms with van der Waals surface area (Å²) in [5.74, 6) is 2.11. The van der Waals surface area contributed by atoms with Gasteiger partial charge in [0, 0.05) is 11.7 Å². The molecule has 0 aliphatic heterocycles. The Kier molecular flexibility index (Phi) is 3.38. The second kappa shape index (κ2) is 4.68. The topological polar surface area (TPSA) is 54.7 Å². The van der Waals surface area contributed by atoms with E-state index in [0.717, 1.165) is 17.2 Å². The standard InChI is InChI=1S/C15H23N3/c1-5-12-6-7-14(10(12)3)18-11(4)9(2)13(8-16)15(18)17/h10,12,14H,5-7,17H2,1-4H3. The second-order valence-electron chi connectivity index (χ2n) is 5.62. The van der Waals surface area contributed by atoms with Crippen molar-refractivity contribution in [2.24, 2.45) is 11.8 Å². The summed E-state index contributed by atoms with van der Waals surface area (Å²) in [5, 5.41) is 9.20. The van der Waals surface area contributed by atoms with Crippen LogP contribution in [-0.2, 0) is 0 Å². The van der Waals surface area contributed by atoms with Gasteiger partial charge in [0.2, 0.25) is 0 Å². The smallest absolute Gasteiger partial charge is 0.122 e. The van der Waals surface area contributed by atoms with E-state index >= 15 is 0 Å². The van der Waals surface area contributed by atoms with Crippen LogP contribution in [0.3, 0.4) is 0 Å². The zero-order valence-electron chi connectivity index (χ0n) is 11.8. The summed E-state index contributed by atoms with van der Waals surface area (Å²) in [6.45, 7) is 8.67. The van der Waals surface area contributed by atoms with Gasteiger partial charge in [-0.1, -0.05) is 20.3 Å². The van der Waals surface area contributed by atoms with E-state index in [2.05, 4.69) is 31.4 Å². The van der Waals surface area contributed by atoms with Crippen molar-refractivity contribution in [3.8, 4) is 6.07 Å². The molecule has 1 aliphatic rings. The summed E-state index contributed by atoms with van der Waals surface area (Å²) < 4.78 is 2.22. The lowest BCUT2D eigenvalue weighted by molar-refractivity contribution is 0.329. The van der Waals surface area contributed by atoms with Crippen molar-refractivity contribution in [3.63, 3.8) is 0 Å². The Hall–Kier alpha value is -1.43. The van der Waals surface area contributed by atoms with Crippen molar-refractivity contribution in [1.29, 1.82) is 5.26 Å². The monoisotopic (exact) mass is 245 g/mol. The number of nitrogen functional groups attached to an aromatic ring is 1. The van der Waals surface area contributed by atoms with E-state index in [-0.39, 0.29) is 0 Å². The minimum absolute atomic E-state index is 0.468. The molecular weight excluding hydrogens is 222 g/mol. The SMILES string of the molecule is CCC1CCC(n2c(C)c(C)c(C#N)c2N)C1C. The molecule has 0 aromatic carbocycles. The van der Waals surface area contributed by atoms with Crippen LogP contribution >= 0.6 is 0 Å². The summed E-state index contributed by atoms with van der Waals surface area (Å²) >= 11 is 0. The molecule has 1 fully saturated rings. The Bertz CT molecular complexity index is 493. The summed E-state index contributed by atoms with van der Waals surface area (Å²) in [7, 11) is 0. The minimum atomic E-state index is 0.468. The first-order valence-electron chi connectivity index (χ1n) is 6.89. The quantitative estimate of drug-likeness (QED) is 0.866. The van der Waals surface area contributed by atoms with Gasteiger partial charge in [-0.2, -0.15) is 5.26 Å². The van der Waals surface area contributed by atoms with Crippen LogP contribution in [-0.4, -0.2) is 4.57 Å². The molecule has 1 aromatic rings. The molecule has 0 radical (unpaired) electrons. The van der Waals surface area contributed by atoms with Gasteiger partial charge in [0.15, 0.2) is 0 Å². The van der Waals surface area contributed by atoms with Gasteiger partial charge in [0.05, 0.1) is 5.56 Å². The molecule has 18 heavy (non-hydrogen) atoms. The molecule has 1 aliphatic carbocycles. The molecular formula is C15H23N3. The lowest BCUT2D eigenvalue weighted by atomic mass is 9.93. The van der Waals surface area contributed by atoms with Gasteiger partial charge in [-0.25, -0.2) is 0 Å². The van der Waals surface area contributed by atoms with Crippen LogP contribution in [0, 0.1) is 37.0 Å². The van der Waals surface area contributed by atoms with Crippen molar-refractivity contribution >= 4 is 5.82 Å². The Morgan fingerprint density at radius 1 is 1.39 bits per heavy atom. The van der Waals surface area contributed by atoms with Crippen LogP contribution in [0.15, 0.2) is 0 Å². The largest absolute Gasteiger partial charge is 0.384 e. The number of nitrogens with zero attached hydrogens (tertiary/aromatic N) is 2. The van der Waals surface area contributed by atoms with Gasteiger partial charge in [-0.05, 0) is 44.1 Å². The Balaban J connectivity index is 2.45. The molecule has 98 valence electrons. The van der Waals surface area contributed by atoms with E-state index in [1.165, 1.54) is 19.3 Å². The number of nitrogens with two attached hydrogens (primary N) is 1. The lowest BCUT2D eigenvalue weighted by Gasteiger charge is -2.24. The van der Waals surface area contributed by atoms with E-state index < -0.39 is 0 Å². The number of anilines is 1. The number of aromatic nitrogens is 1. The Labute approximate surface area is 110 Å². The molecule has 3 heteroatoms. The third-order valence-electron chi connectivity index (χ3n) is 4.95. The highest BCUT2D eigenvalue weighted by molar-refractivity contribution is 5.58. The maximum absolute atomic E-state index is 9.20.